The third-order valence-corrected chi connectivity index (χ3v) is 3.39. The molecule has 112 valence electrons. The molecule has 2 rings (SSSR count). The second-order valence-corrected chi connectivity index (χ2v) is 6.34. The Morgan fingerprint density at radius 1 is 1.24 bits per heavy atom. The summed E-state index contributed by atoms with van der Waals surface area (Å²) in [5, 5.41) is 5.02. The van der Waals surface area contributed by atoms with Crippen molar-refractivity contribution in [1.29, 1.82) is 0 Å². The van der Waals surface area contributed by atoms with Crippen molar-refractivity contribution >= 4 is 33.5 Å². The van der Waals surface area contributed by atoms with Crippen LogP contribution in [0.2, 0.25) is 0 Å². The van der Waals surface area contributed by atoms with Gasteiger partial charge in [-0.05, 0) is 32.9 Å². The maximum atomic E-state index is 11.7. The summed E-state index contributed by atoms with van der Waals surface area (Å²) < 4.78 is 11.3. The van der Waals surface area contributed by atoms with E-state index in [2.05, 4.69) is 5.32 Å². The highest BCUT2D eigenvalue weighted by molar-refractivity contribution is 7.17. The molecule has 0 fully saturated rings. The fraction of sp³-hybridized carbons (Fsp3) is 0.333. The third-order valence-electron chi connectivity index (χ3n) is 2.45. The van der Waals surface area contributed by atoms with Gasteiger partial charge in [-0.15, -0.1) is 11.3 Å². The smallest absolute Gasteiger partial charge is 0.408 e. The zero-order valence-electron chi connectivity index (χ0n) is 12.1. The Labute approximate surface area is 126 Å². The SMILES string of the molecule is CC(C)(C)OC(=O)NCC(=O)Oc1csc2ccccc12. The van der Waals surface area contributed by atoms with Crippen molar-refractivity contribution in [2.45, 2.75) is 26.4 Å². The number of esters is 1. The molecule has 1 amide bonds. The molecule has 5 nitrogen and oxygen atoms in total. The van der Waals surface area contributed by atoms with E-state index < -0.39 is 17.7 Å². The second-order valence-electron chi connectivity index (χ2n) is 5.43. The van der Waals surface area contributed by atoms with E-state index in [-0.39, 0.29) is 6.54 Å². The van der Waals surface area contributed by atoms with Gasteiger partial charge in [-0.3, -0.25) is 0 Å². The van der Waals surface area contributed by atoms with Gasteiger partial charge in [0, 0.05) is 15.5 Å². The van der Waals surface area contributed by atoms with Crippen molar-refractivity contribution in [3.8, 4) is 5.75 Å². The van der Waals surface area contributed by atoms with E-state index in [9.17, 15) is 9.59 Å². The van der Waals surface area contributed by atoms with E-state index in [1.165, 1.54) is 11.3 Å². The van der Waals surface area contributed by atoms with Crippen molar-refractivity contribution in [2.75, 3.05) is 6.54 Å². The van der Waals surface area contributed by atoms with E-state index in [0.29, 0.717) is 5.75 Å². The van der Waals surface area contributed by atoms with Crippen LogP contribution >= 0.6 is 11.3 Å². The van der Waals surface area contributed by atoms with Gasteiger partial charge in [0.2, 0.25) is 0 Å². The van der Waals surface area contributed by atoms with Gasteiger partial charge in [-0.2, -0.15) is 0 Å². The Bertz CT molecular complexity index is 657. The van der Waals surface area contributed by atoms with Gasteiger partial charge in [0.25, 0.3) is 0 Å². The Morgan fingerprint density at radius 2 is 1.95 bits per heavy atom. The van der Waals surface area contributed by atoms with E-state index >= 15 is 0 Å². The number of hydrogen-bond acceptors (Lipinski definition) is 5. The predicted molar refractivity (Wildman–Crippen MR) is 81.7 cm³/mol. The van der Waals surface area contributed by atoms with Gasteiger partial charge < -0.3 is 14.8 Å². The molecule has 0 aliphatic carbocycles. The predicted octanol–water partition coefficient (Wildman–Crippen LogP) is 3.33. The molecule has 0 aliphatic rings. The Hall–Kier alpha value is -2.08. The molecule has 1 heterocycles. The summed E-state index contributed by atoms with van der Waals surface area (Å²) in [7, 11) is 0. The first-order valence-electron chi connectivity index (χ1n) is 6.49. The van der Waals surface area contributed by atoms with Gasteiger partial charge in [0.05, 0.1) is 0 Å². The maximum absolute atomic E-state index is 11.7. The summed E-state index contributed by atoms with van der Waals surface area (Å²) in [6, 6.07) is 7.64. The molecule has 0 bridgehead atoms. The van der Waals surface area contributed by atoms with Crippen molar-refractivity contribution < 1.29 is 19.1 Å². The molecule has 1 N–H and O–H groups in total. The lowest BCUT2D eigenvalue weighted by Gasteiger charge is -2.19. The summed E-state index contributed by atoms with van der Waals surface area (Å²) in [6.07, 6.45) is -0.644. The molecule has 0 aliphatic heterocycles. The van der Waals surface area contributed by atoms with Gasteiger partial charge >= 0.3 is 12.1 Å². The lowest BCUT2D eigenvalue weighted by molar-refractivity contribution is -0.133. The first kappa shape index (κ1) is 15.3. The van der Waals surface area contributed by atoms with Crippen LogP contribution in [-0.4, -0.2) is 24.2 Å². The van der Waals surface area contributed by atoms with Gasteiger partial charge in [0.1, 0.15) is 17.9 Å². The molecule has 0 atom stereocenters. The minimum absolute atomic E-state index is 0.237. The molecule has 0 spiro atoms. The van der Waals surface area contributed by atoms with Crippen LogP contribution in [0.15, 0.2) is 29.6 Å². The Balaban J connectivity index is 1.89. The number of hydrogen-bond donors (Lipinski definition) is 1. The average molecular weight is 307 g/mol. The largest absolute Gasteiger partial charge is 0.444 e. The van der Waals surface area contributed by atoms with E-state index in [1.54, 1.807) is 26.2 Å². The average Bonchev–Trinajstić information content (AvgIpc) is 2.78. The van der Waals surface area contributed by atoms with Crippen LogP contribution in [-0.2, 0) is 9.53 Å². The number of carbonyl (C=O) groups excluding carboxylic acids is 2. The Morgan fingerprint density at radius 3 is 2.67 bits per heavy atom. The first-order valence-corrected chi connectivity index (χ1v) is 7.37. The van der Waals surface area contributed by atoms with Crippen molar-refractivity contribution in [2.24, 2.45) is 0 Å². The first-order chi connectivity index (χ1) is 9.85. The number of benzene rings is 1. The molecule has 1 aromatic heterocycles. The van der Waals surface area contributed by atoms with Crippen LogP contribution in [0.4, 0.5) is 4.79 Å². The van der Waals surface area contributed by atoms with Crippen LogP contribution in [0.3, 0.4) is 0 Å². The third kappa shape index (κ3) is 4.46. The van der Waals surface area contributed by atoms with Gasteiger partial charge in [-0.1, -0.05) is 12.1 Å². The number of alkyl carbamates (subject to hydrolysis) is 1. The number of nitrogens with one attached hydrogen (secondary N) is 1. The Kier molecular flexibility index (Phi) is 4.47. The highest BCUT2D eigenvalue weighted by atomic mass is 32.1. The summed E-state index contributed by atoms with van der Waals surface area (Å²) in [5.41, 5.74) is -0.600. The molecule has 2 aromatic rings. The normalized spacial score (nSPS) is 11.2. The van der Waals surface area contributed by atoms with E-state index in [4.69, 9.17) is 9.47 Å². The summed E-state index contributed by atoms with van der Waals surface area (Å²) in [5.74, 6) is -0.0315. The lowest BCUT2D eigenvalue weighted by Crippen LogP contribution is -2.36. The highest BCUT2D eigenvalue weighted by Gasteiger charge is 2.17. The molecule has 0 unspecified atom stereocenters. The summed E-state index contributed by atoms with van der Waals surface area (Å²) >= 11 is 1.50. The molecule has 0 radical (unpaired) electrons. The molecule has 21 heavy (non-hydrogen) atoms. The molecule has 1 aromatic carbocycles. The lowest BCUT2D eigenvalue weighted by atomic mass is 10.2. The molecule has 6 heteroatoms. The minimum atomic E-state index is -0.644. The van der Waals surface area contributed by atoms with Crippen LogP contribution in [0, 0.1) is 0 Å². The summed E-state index contributed by atoms with van der Waals surface area (Å²) in [6.45, 7) is 5.02. The monoisotopic (exact) mass is 307 g/mol. The quantitative estimate of drug-likeness (QED) is 0.883. The van der Waals surface area contributed by atoms with Gasteiger partial charge in [-0.25, -0.2) is 9.59 Å². The topological polar surface area (TPSA) is 64.6 Å². The van der Waals surface area contributed by atoms with E-state index in [0.717, 1.165) is 10.1 Å². The van der Waals surface area contributed by atoms with Crippen LogP contribution < -0.4 is 10.1 Å². The highest BCUT2D eigenvalue weighted by Crippen LogP contribution is 2.31. The standard InChI is InChI=1S/C15H17NO4S/c1-15(2,3)20-14(18)16-8-13(17)19-11-9-21-12-7-5-4-6-10(11)12/h4-7,9H,8H2,1-3H3,(H,16,18). The number of amides is 1. The summed E-state index contributed by atoms with van der Waals surface area (Å²) in [4.78, 5) is 23.2. The number of ether oxygens (including phenoxy) is 2. The zero-order chi connectivity index (χ0) is 15.5. The zero-order valence-corrected chi connectivity index (χ0v) is 13.0. The number of rotatable bonds is 3. The van der Waals surface area contributed by atoms with Crippen molar-refractivity contribution in [1.82, 2.24) is 5.32 Å². The fourth-order valence-electron chi connectivity index (χ4n) is 1.65. The second kappa shape index (κ2) is 6.13. The molecule has 0 saturated heterocycles. The van der Waals surface area contributed by atoms with E-state index in [1.807, 2.05) is 24.3 Å². The number of fused-ring (bicyclic) bond motifs is 1. The van der Waals surface area contributed by atoms with Crippen molar-refractivity contribution in [3.63, 3.8) is 0 Å². The van der Waals surface area contributed by atoms with Crippen LogP contribution in [0.5, 0.6) is 5.75 Å². The molecule has 0 saturated carbocycles. The number of carbonyl (C=O) groups is 2. The maximum Gasteiger partial charge on any atom is 0.408 e. The molecular weight excluding hydrogens is 290 g/mol. The minimum Gasteiger partial charge on any atom is -0.444 e. The van der Waals surface area contributed by atoms with Gasteiger partial charge in [0.15, 0.2) is 0 Å². The van der Waals surface area contributed by atoms with Crippen LogP contribution in [0.25, 0.3) is 10.1 Å². The van der Waals surface area contributed by atoms with Crippen molar-refractivity contribution in [3.05, 3.63) is 29.6 Å². The molecular formula is C15H17NO4S. The number of thiophene rings is 1. The fourth-order valence-corrected chi connectivity index (χ4v) is 2.51. The van der Waals surface area contributed by atoms with Crippen LogP contribution in [0.1, 0.15) is 20.8 Å².